The summed E-state index contributed by atoms with van der Waals surface area (Å²) < 4.78 is 5.52. The Morgan fingerprint density at radius 2 is 2.05 bits per heavy atom. The average Bonchev–Trinajstić information content (AvgIpc) is 2.83. The van der Waals surface area contributed by atoms with E-state index < -0.39 is 11.4 Å². The number of carboxylic acid groups (broad SMARTS) is 1. The molecule has 1 fully saturated rings. The number of benzene rings is 1. The van der Waals surface area contributed by atoms with Gasteiger partial charge in [-0.15, -0.1) is 0 Å². The number of hydrogen-bond acceptors (Lipinski definition) is 2. The summed E-state index contributed by atoms with van der Waals surface area (Å²) in [4.78, 5) is 11.6. The molecule has 104 valence electrons. The zero-order valence-electron chi connectivity index (χ0n) is 11.7. The van der Waals surface area contributed by atoms with Crippen LogP contribution >= 0.6 is 0 Å². The van der Waals surface area contributed by atoms with E-state index >= 15 is 0 Å². The van der Waals surface area contributed by atoms with Crippen molar-refractivity contribution in [3.8, 4) is 5.75 Å². The topological polar surface area (TPSA) is 46.5 Å². The van der Waals surface area contributed by atoms with Crippen molar-refractivity contribution in [1.29, 1.82) is 0 Å². The van der Waals surface area contributed by atoms with Crippen molar-refractivity contribution >= 4 is 5.97 Å². The molecule has 0 heterocycles. The van der Waals surface area contributed by atoms with Crippen LogP contribution in [0, 0.1) is 12.3 Å². The van der Waals surface area contributed by atoms with E-state index in [1.165, 1.54) is 0 Å². The first-order chi connectivity index (χ1) is 9.07. The van der Waals surface area contributed by atoms with Crippen molar-refractivity contribution in [3.63, 3.8) is 0 Å². The lowest BCUT2D eigenvalue weighted by molar-refractivity contribution is -0.148. The van der Waals surface area contributed by atoms with Gasteiger partial charge in [0.2, 0.25) is 0 Å². The normalized spacial score (nSPS) is 17.4. The minimum atomic E-state index is -0.642. The number of carboxylic acids is 1. The predicted molar refractivity (Wildman–Crippen MR) is 74.6 cm³/mol. The Balaban J connectivity index is 2.18. The molecular formula is C16H22O3. The molecule has 3 nitrogen and oxygen atoms in total. The molecule has 3 heteroatoms. The maximum absolute atomic E-state index is 11.6. The maximum atomic E-state index is 11.6. The third kappa shape index (κ3) is 2.91. The number of ether oxygens (including phenoxy) is 1. The van der Waals surface area contributed by atoms with E-state index in [4.69, 9.17) is 4.74 Å². The van der Waals surface area contributed by atoms with Gasteiger partial charge in [-0.2, -0.15) is 0 Å². The highest BCUT2D eigenvalue weighted by atomic mass is 16.5. The number of aliphatic carboxylic acids is 1. The fraction of sp³-hybridized carbons (Fsp3) is 0.562. The van der Waals surface area contributed by atoms with Gasteiger partial charge in [-0.1, -0.05) is 25.0 Å². The van der Waals surface area contributed by atoms with Crippen LogP contribution in [0.1, 0.15) is 43.7 Å². The number of aryl methyl sites for hydroxylation is 1. The van der Waals surface area contributed by atoms with Crippen molar-refractivity contribution in [2.75, 3.05) is 6.61 Å². The third-order valence-corrected chi connectivity index (χ3v) is 4.10. The van der Waals surface area contributed by atoms with E-state index in [1.807, 2.05) is 26.0 Å². The van der Waals surface area contributed by atoms with Gasteiger partial charge in [0.15, 0.2) is 0 Å². The van der Waals surface area contributed by atoms with Crippen LogP contribution in [0.15, 0.2) is 18.2 Å². The highest BCUT2D eigenvalue weighted by Gasteiger charge is 2.41. The fourth-order valence-electron chi connectivity index (χ4n) is 3.05. The van der Waals surface area contributed by atoms with Gasteiger partial charge >= 0.3 is 5.97 Å². The summed E-state index contributed by atoms with van der Waals surface area (Å²) in [5, 5.41) is 9.51. The van der Waals surface area contributed by atoms with Gasteiger partial charge in [-0.25, -0.2) is 0 Å². The molecule has 1 aliphatic carbocycles. The quantitative estimate of drug-likeness (QED) is 0.882. The second-order valence-corrected chi connectivity index (χ2v) is 5.50. The molecule has 0 atom stereocenters. The molecule has 0 bridgehead atoms. The van der Waals surface area contributed by atoms with Crippen molar-refractivity contribution in [2.45, 2.75) is 46.0 Å². The van der Waals surface area contributed by atoms with Gasteiger partial charge in [-0.3, -0.25) is 4.79 Å². The lowest BCUT2D eigenvalue weighted by Gasteiger charge is -2.24. The van der Waals surface area contributed by atoms with E-state index in [0.717, 1.165) is 42.6 Å². The largest absolute Gasteiger partial charge is 0.494 e. The van der Waals surface area contributed by atoms with Crippen molar-refractivity contribution in [1.82, 2.24) is 0 Å². The minimum Gasteiger partial charge on any atom is -0.494 e. The Hall–Kier alpha value is -1.51. The molecule has 0 saturated heterocycles. The van der Waals surface area contributed by atoms with Gasteiger partial charge < -0.3 is 9.84 Å². The highest BCUT2D eigenvalue weighted by molar-refractivity contribution is 5.75. The smallest absolute Gasteiger partial charge is 0.309 e. The molecule has 1 saturated carbocycles. The third-order valence-electron chi connectivity index (χ3n) is 4.10. The SMILES string of the molecule is CCOc1ccc(CC2(C(=O)O)CCCC2)cc1C. The Kier molecular flexibility index (Phi) is 4.13. The first-order valence-corrected chi connectivity index (χ1v) is 7.03. The number of carbonyl (C=O) groups is 1. The second-order valence-electron chi connectivity index (χ2n) is 5.50. The first-order valence-electron chi connectivity index (χ1n) is 7.03. The average molecular weight is 262 g/mol. The standard InChI is InChI=1S/C16H22O3/c1-3-19-14-7-6-13(10-12(14)2)11-16(15(17)18)8-4-5-9-16/h6-7,10H,3-5,8-9,11H2,1-2H3,(H,17,18). The van der Waals surface area contributed by atoms with Gasteiger partial charge in [0.05, 0.1) is 12.0 Å². The molecular weight excluding hydrogens is 240 g/mol. The summed E-state index contributed by atoms with van der Waals surface area (Å²) >= 11 is 0. The Bertz CT molecular complexity index is 459. The summed E-state index contributed by atoms with van der Waals surface area (Å²) in [7, 11) is 0. The van der Waals surface area contributed by atoms with Crippen LogP contribution in [0.25, 0.3) is 0 Å². The molecule has 1 aromatic carbocycles. The first kappa shape index (κ1) is 13.9. The van der Waals surface area contributed by atoms with Crippen molar-refractivity contribution in [2.24, 2.45) is 5.41 Å². The van der Waals surface area contributed by atoms with E-state index in [2.05, 4.69) is 6.07 Å². The summed E-state index contributed by atoms with van der Waals surface area (Å²) in [6, 6.07) is 6.02. The van der Waals surface area contributed by atoms with Crippen LogP contribution in [0.3, 0.4) is 0 Å². The van der Waals surface area contributed by atoms with Crippen molar-refractivity contribution in [3.05, 3.63) is 29.3 Å². The zero-order valence-corrected chi connectivity index (χ0v) is 11.7. The summed E-state index contributed by atoms with van der Waals surface area (Å²) in [5.74, 6) is 0.249. The van der Waals surface area contributed by atoms with E-state index in [9.17, 15) is 9.90 Å². The van der Waals surface area contributed by atoms with E-state index in [-0.39, 0.29) is 0 Å². The monoisotopic (exact) mass is 262 g/mol. The summed E-state index contributed by atoms with van der Waals surface area (Å²) in [5.41, 5.74) is 1.64. The molecule has 0 unspecified atom stereocenters. The molecule has 0 amide bonds. The van der Waals surface area contributed by atoms with Crippen molar-refractivity contribution < 1.29 is 14.6 Å². The second kappa shape index (κ2) is 5.64. The zero-order chi connectivity index (χ0) is 13.9. The summed E-state index contributed by atoms with van der Waals surface area (Å²) in [6.45, 7) is 4.63. The lowest BCUT2D eigenvalue weighted by Crippen LogP contribution is -2.30. The molecule has 2 rings (SSSR count). The predicted octanol–water partition coefficient (Wildman–Crippen LogP) is 3.58. The van der Waals surface area contributed by atoms with E-state index in [1.54, 1.807) is 0 Å². The van der Waals surface area contributed by atoms with E-state index in [0.29, 0.717) is 13.0 Å². The van der Waals surface area contributed by atoms with Gasteiger partial charge in [0.25, 0.3) is 0 Å². The molecule has 19 heavy (non-hydrogen) atoms. The molecule has 1 aromatic rings. The maximum Gasteiger partial charge on any atom is 0.309 e. The lowest BCUT2D eigenvalue weighted by atomic mass is 9.80. The highest BCUT2D eigenvalue weighted by Crippen LogP contribution is 2.41. The Labute approximate surface area is 114 Å². The van der Waals surface area contributed by atoms with Crippen LogP contribution in [0.5, 0.6) is 5.75 Å². The molecule has 1 N–H and O–H groups in total. The van der Waals surface area contributed by atoms with Crippen LogP contribution in [0.4, 0.5) is 0 Å². The fourth-order valence-corrected chi connectivity index (χ4v) is 3.05. The van der Waals surface area contributed by atoms with Crippen LogP contribution in [-0.4, -0.2) is 17.7 Å². The van der Waals surface area contributed by atoms with Gasteiger partial charge in [-0.05, 0) is 50.3 Å². The number of rotatable bonds is 5. The minimum absolute atomic E-state index is 0.542. The van der Waals surface area contributed by atoms with Crippen LogP contribution in [0.2, 0.25) is 0 Å². The Morgan fingerprint density at radius 1 is 1.37 bits per heavy atom. The molecule has 0 aromatic heterocycles. The molecule has 1 aliphatic rings. The molecule has 0 radical (unpaired) electrons. The van der Waals surface area contributed by atoms with Gasteiger partial charge in [0.1, 0.15) is 5.75 Å². The Morgan fingerprint density at radius 3 is 2.58 bits per heavy atom. The number of hydrogen-bond donors (Lipinski definition) is 1. The van der Waals surface area contributed by atoms with Gasteiger partial charge in [0, 0.05) is 0 Å². The van der Waals surface area contributed by atoms with Crippen LogP contribution < -0.4 is 4.74 Å². The molecule has 0 aliphatic heterocycles. The molecule has 0 spiro atoms. The van der Waals surface area contributed by atoms with Crippen LogP contribution in [-0.2, 0) is 11.2 Å². The summed E-state index contributed by atoms with van der Waals surface area (Å²) in [6.07, 6.45) is 4.30.